The number of halogens is 1. The number of nitrogens with zero attached hydrogens (tertiary/aromatic N) is 4. The summed E-state index contributed by atoms with van der Waals surface area (Å²) in [6.07, 6.45) is 3.60. The minimum atomic E-state index is 0.267. The number of fused-ring (bicyclic) bond motifs is 1. The third kappa shape index (κ3) is 2.32. The van der Waals surface area contributed by atoms with Crippen molar-refractivity contribution in [2.24, 2.45) is 0 Å². The molecule has 0 saturated heterocycles. The topological polar surface area (TPSA) is 81.7 Å². The number of hydrogen-bond donors (Lipinski definition) is 2. The standard InChI is InChI=1S/C11H17BrN6/c1-3-4-7(5-14-2)18-11-8(9(12)17-18)10(13)15-6-16-11/h6-7,14H,3-5H2,1-2H3,(H2,13,15,16). The lowest BCUT2D eigenvalue weighted by Crippen LogP contribution is -2.23. The monoisotopic (exact) mass is 312 g/mol. The van der Waals surface area contributed by atoms with Gasteiger partial charge in [-0.2, -0.15) is 5.10 Å². The Labute approximate surface area is 114 Å². The van der Waals surface area contributed by atoms with Crippen LogP contribution in [0.15, 0.2) is 10.9 Å². The first-order valence-electron chi connectivity index (χ1n) is 5.97. The van der Waals surface area contributed by atoms with E-state index in [0.29, 0.717) is 10.4 Å². The lowest BCUT2D eigenvalue weighted by atomic mass is 10.1. The summed E-state index contributed by atoms with van der Waals surface area (Å²) in [4.78, 5) is 8.30. The van der Waals surface area contributed by atoms with Gasteiger partial charge in [0.2, 0.25) is 0 Å². The van der Waals surface area contributed by atoms with Crippen molar-refractivity contribution < 1.29 is 0 Å². The molecule has 0 aliphatic carbocycles. The summed E-state index contributed by atoms with van der Waals surface area (Å²) < 4.78 is 2.63. The molecule has 0 bridgehead atoms. The van der Waals surface area contributed by atoms with Gasteiger partial charge in [-0.15, -0.1) is 0 Å². The quantitative estimate of drug-likeness (QED) is 0.878. The Morgan fingerprint density at radius 1 is 1.50 bits per heavy atom. The molecule has 0 aromatic carbocycles. The highest BCUT2D eigenvalue weighted by Gasteiger charge is 2.19. The van der Waals surface area contributed by atoms with E-state index >= 15 is 0 Å². The third-order valence-corrected chi connectivity index (χ3v) is 3.44. The zero-order valence-corrected chi connectivity index (χ0v) is 12.1. The highest BCUT2D eigenvalue weighted by atomic mass is 79.9. The van der Waals surface area contributed by atoms with Crippen molar-refractivity contribution in [2.45, 2.75) is 25.8 Å². The van der Waals surface area contributed by atoms with Crippen LogP contribution in [0.1, 0.15) is 25.8 Å². The van der Waals surface area contributed by atoms with E-state index in [-0.39, 0.29) is 6.04 Å². The molecule has 2 heterocycles. The van der Waals surface area contributed by atoms with Crippen molar-refractivity contribution in [1.29, 1.82) is 0 Å². The van der Waals surface area contributed by atoms with Crippen LogP contribution in [0.2, 0.25) is 0 Å². The van der Waals surface area contributed by atoms with E-state index in [4.69, 9.17) is 5.73 Å². The zero-order chi connectivity index (χ0) is 13.1. The Kier molecular flexibility index (Phi) is 4.13. The van der Waals surface area contributed by atoms with Gasteiger partial charge < -0.3 is 11.1 Å². The minimum Gasteiger partial charge on any atom is -0.383 e. The van der Waals surface area contributed by atoms with Crippen LogP contribution in [-0.4, -0.2) is 33.3 Å². The highest BCUT2D eigenvalue weighted by Crippen LogP contribution is 2.28. The van der Waals surface area contributed by atoms with E-state index in [1.54, 1.807) is 0 Å². The van der Waals surface area contributed by atoms with Gasteiger partial charge in [0.1, 0.15) is 16.7 Å². The van der Waals surface area contributed by atoms with Gasteiger partial charge in [-0.1, -0.05) is 13.3 Å². The number of likely N-dealkylation sites (N-methyl/N-ethyl adjacent to an activating group) is 1. The number of aromatic nitrogens is 4. The summed E-state index contributed by atoms with van der Waals surface area (Å²) in [5, 5.41) is 8.47. The van der Waals surface area contributed by atoms with Gasteiger partial charge in [0, 0.05) is 6.54 Å². The number of nitrogens with one attached hydrogen (secondary N) is 1. The van der Waals surface area contributed by atoms with Gasteiger partial charge in [0.25, 0.3) is 0 Å². The van der Waals surface area contributed by atoms with Crippen LogP contribution in [0.4, 0.5) is 5.82 Å². The van der Waals surface area contributed by atoms with Crippen LogP contribution in [0.25, 0.3) is 11.0 Å². The summed E-state index contributed by atoms with van der Waals surface area (Å²) in [6.45, 7) is 3.01. The van der Waals surface area contributed by atoms with E-state index in [0.717, 1.165) is 30.4 Å². The first-order chi connectivity index (χ1) is 8.69. The maximum Gasteiger partial charge on any atom is 0.164 e. The van der Waals surface area contributed by atoms with Gasteiger partial charge >= 0.3 is 0 Å². The predicted molar refractivity (Wildman–Crippen MR) is 75.3 cm³/mol. The van der Waals surface area contributed by atoms with Crippen LogP contribution in [0.3, 0.4) is 0 Å². The van der Waals surface area contributed by atoms with E-state index in [1.807, 2.05) is 11.7 Å². The minimum absolute atomic E-state index is 0.267. The molecule has 0 aliphatic rings. The summed E-state index contributed by atoms with van der Waals surface area (Å²) in [5.41, 5.74) is 6.65. The Hall–Kier alpha value is -1.21. The molecular formula is C11H17BrN6. The molecule has 0 aliphatic heterocycles. The zero-order valence-electron chi connectivity index (χ0n) is 10.5. The molecule has 98 valence electrons. The van der Waals surface area contributed by atoms with Gasteiger partial charge in [0.05, 0.1) is 11.4 Å². The second kappa shape index (κ2) is 5.62. The van der Waals surface area contributed by atoms with E-state index in [1.165, 1.54) is 6.33 Å². The Balaban J connectivity index is 2.53. The second-order valence-electron chi connectivity index (χ2n) is 4.19. The second-order valence-corrected chi connectivity index (χ2v) is 4.94. The molecular weight excluding hydrogens is 296 g/mol. The molecule has 0 radical (unpaired) electrons. The molecule has 7 heteroatoms. The fraction of sp³-hybridized carbons (Fsp3) is 0.545. The lowest BCUT2D eigenvalue weighted by molar-refractivity contribution is 0.414. The molecule has 0 amide bonds. The van der Waals surface area contributed by atoms with Crippen LogP contribution < -0.4 is 11.1 Å². The first kappa shape index (κ1) is 13.2. The molecule has 3 N–H and O–H groups in total. The number of rotatable bonds is 5. The van der Waals surface area contributed by atoms with Gasteiger partial charge in [-0.3, -0.25) is 0 Å². The molecule has 6 nitrogen and oxygen atoms in total. The van der Waals surface area contributed by atoms with Gasteiger partial charge in [-0.05, 0) is 29.4 Å². The Morgan fingerprint density at radius 3 is 2.94 bits per heavy atom. The predicted octanol–water partition coefficient (Wildman–Crippen LogP) is 1.73. The molecule has 2 rings (SSSR count). The fourth-order valence-corrected chi connectivity index (χ4v) is 2.64. The van der Waals surface area contributed by atoms with Gasteiger partial charge in [-0.25, -0.2) is 14.6 Å². The van der Waals surface area contributed by atoms with E-state index in [9.17, 15) is 0 Å². The third-order valence-electron chi connectivity index (χ3n) is 2.88. The molecule has 2 aromatic rings. The van der Waals surface area contributed by atoms with Crippen LogP contribution in [0.5, 0.6) is 0 Å². The van der Waals surface area contributed by atoms with Crippen LogP contribution >= 0.6 is 15.9 Å². The molecule has 2 aromatic heterocycles. The molecule has 0 saturated carbocycles. The maximum atomic E-state index is 5.87. The average molecular weight is 313 g/mol. The number of nitrogen functional groups attached to an aromatic ring is 1. The number of hydrogen-bond acceptors (Lipinski definition) is 5. The maximum absolute atomic E-state index is 5.87. The SMILES string of the molecule is CCCC(CNC)n1nc(Br)c2c(N)ncnc21. The molecule has 0 spiro atoms. The average Bonchev–Trinajstić information content (AvgIpc) is 2.68. The van der Waals surface area contributed by atoms with Crippen LogP contribution in [-0.2, 0) is 0 Å². The van der Waals surface area contributed by atoms with Crippen molar-refractivity contribution in [2.75, 3.05) is 19.3 Å². The normalized spacial score (nSPS) is 13.1. The van der Waals surface area contributed by atoms with Crippen molar-refractivity contribution >= 4 is 32.8 Å². The lowest BCUT2D eigenvalue weighted by Gasteiger charge is -2.16. The summed E-state index contributed by atoms with van der Waals surface area (Å²) >= 11 is 3.43. The van der Waals surface area contributed by atoms with Crippen molar-refractivity contribution in [1.82, 2.24) is 25.1 Å². The smallest absolute Gasteiger partial charge is 0.164 e. The molecule has 1 unspecified atom stereocenters. The molecule has 0 fully saturated rings. The highest BCUT2D eigenvalue weighted by molar-refractivity contribution is 9.10. The first-order valence-corrected chi connectivity index (χ1v) is 6.77. The summed E-state index contributed by atoms with van der Waals surface area (Å²) in [6, 6.07) is 0.267. The largest absolute Gasteiger partial charge is 0.383 e. The number of nitrogens with two attached hydrogens (primary N) is 1. The van der Waals surface area contributed by atoms with Crippen molar-refractivity contribution in [3.8, 4) is 0 Å². The summed E-state index contributed by atoms with van der Waals surface area (Å²) in [5.74, 6) is 0.456. The van der Waals surface area contributed by atoms with Crippen LogP contribution in [0, 0.1) is 0 Å². The summed E-state index contributed by atoms with van der Waals surface area (Å²) in [7, 11) is 1.94. The Morgan fingerprint density at radius 2 is 2.28 bits per heavy atom. The number of anilines is 1. The van der Waals surface area contributed by atoms with Crippen molar-refractivity contribution in [3.05, 3.63) is 10.9 Å². The Bertz CT molecular complexity index is 532. The van der Waals surface area contributed by atoms with Crippen molar-refractivity contribution in [3.63, 3.8) is 0 Å². The van der Waals surface area contributed by atoms with Gasteiger partial charge in [0.15, 0.2) is 5.65 Å². The van der Waals surface area contributed by atoms with E-state index < -0.39 is 0 Å². The molecule has 1 atom stereocenters. The molecule has 18 heavy (non-hydrogen) atoms. The van der Waals surface area contributed by atoms with E-state index in [2.05, 4.69) is 43.2 Å². The fourth-order valence-electron chi connectivity index (χ4n) is 2.09.